The van der Waals surface area contributed by atoms with Gasteiger partial charge in [0.1, 0.15) is 4.60 Å². The van der Waals surface area contributed by atoms with E-state index in [2.05, 4.69) is 25.9 Å². The van der Waals surface area contributed by atoms with Gasteiger partial charge in [-0.05, 0) is 41.7 Å². The molecule has 3 heterocycles. The van der Waals surface area contributed by atoms with Crippen LogP contribution in [0.3, 0.4) is 0 Å². The van der Waals surface area contributed by atoms with Crippen LogP contribution >= 0.6 is 15.9 Å². The van der Waals surface area contributed by atoms with Gasteiger partial charge in [0.15, 0.2) is 0 Å². The Kier molecular flexibility index (Phi) is 3.00. The van der Waals surface area contributed by atoms with Crippen LogP contribution in [0.15, 0.2) is 4.60 Å². The molecule has 0 aromatic carbocycles. The summed E-state index contributed by atoms with van der Waals surface area (Å²) < 4.78 is 8.75. The smallest absolute Gasteiger partial charge is 0.107 e. The van der Waals surface area contributed by atoms with Gasteiger partial charge in [0.2, 0.25) is 0 Å². The van der Waals surface area contributed by atoms with Crippen molar-refractivity contribution in [2.75, 3.05) is 19.8 Å². The van der Waals surface area contributed by atoms with E-state index >= 15 is 0 Å². The maximum Gasteiger partial charge on any atom is 0.107 e. The molecular formula is C11H16BrN3O. The Morgan fingerprint density at radius 1 is 1.38 bits per heavy atom. The second-order valence-corrected chi connectivity index (χ2v) is 5.18. The number of nitrogens with zero attached hydrogens (tertiary/aromatic N) is 2. The van der Waals surface area contributed by atoms with E-state index in [-0.39, 0.29) is 0 Å². The maximum absolute atomic E-state index is 5.39. The number of hydrogen-bond donors (Lipinski definition) is 1. The van der Waals surface area contributed by atoms with Crippen molar-refractivity contribution >= 4 is 15.9 Å². The molecule has 2 aliphatic rings. The third kappa shape index (κ3) is 1.81. The minimum Gasteiger partial charge on any atom is -0.381 e. The van der Waals surface area contributed by atoms with Crippen molar-refractivity contribution in [1.29, 1.82) is 0 Å². The zero-order chi connectivity index (χ0) is 11.0. The van der Waals surface area contributed by atoms with E-state index in [9.17, 15) is 0 Å². The summed E-state index contributed by atoms with van der Waals surface area (Å²) in [6.45, 7) is 3.69. The molecule has 1 aromatic rings. The van der Waals surface area contributed by atoms with Crippen LogP contribution in [-0.4, -0.2) is 29.5 Å². The highest BCUT2D eigenvalue weighted by molar-refractivity contribution is 9.10. The SMILES string of the molecule is Brc1c2c(nn1C1CCOCC1)CNCC2. The lowest BCUT2D eigenvalue weighted by Gasteiger charge is -2.23. The minimum absolute atomic E-state index is 0.508. The van der Waals surface area contributed by atoms with Crippen molar-refractivity contribution in [1.82, 2.24) is 15.1 Å². The van der Waals surface area contributed by atoms with Gasteiger partial charge in [0.25, 0.3) is 0 Å². The van der Waals surface area contributed by atoms with E-state index in [1.54, 1.807) is 0 Å². The fourth-order valence-corrected chi connectivity index (χ4v) is 3.27. The number of aromatic nitrogens is 2. The van der Waals surface area contributed by atoms with Crippen molar-refractivity contribution in [2.24, 2.45) is 0 Å². The lowest BCUT2D eigenvalue weighted by atomic mass is 10.1. The molecule has 2 aliphatic heterocycles. The van der Waals surface area contributed by atoms with E-state index in [0.717, 1.165) is 45.6 Å². The van der Waals surface area contributed by atoms with Gasteiger partial charge in [0, 0.05) is 25.3 Å². The summed E-state index contributed by atoms with van der Waals surface area (Å²) in [5, 5.41) is 8.09. The molecule has 0 aliphatic carbocycles. The second-order valence-electron chi connectivity index (χ2n) is 4.43. The van der Waals surface area contributed by atoms with E-state index in [1.165, 1.54) is 15.9 Å². The van der Waals surface area contributed by atoms with Crippen LogP contribution in [0.25, 0.3) is 0 Å². The second kappa shape index (κ2) is 4.47. The number of halogens is 1. The summed E-state index contributed by atoms with van der Waals surface area (Å²) in [5.74, 6) is 0. The average molecular weight is 286 g/mol. The van der Waals surface area contributed by atoms with E-state index in [4.69, 9.17) is 9.84 Å². The van der Waals surface area contributed by atoms with Gasteiger partial charge in [-0.2, -0.15) is 5.10 Å². The molecule has 16 heavy (non-hydrogen) atoms. The summed E-state index contributed by atoms with van der Waals surface area (Å²) in [6, 6.07) is 0.508. The third-order valence-electron chi connectivity index (χ3n) is 3.41. The fourth-order valence-electron chi connectivity index (χ4n) is 2.47. The van der Waals surface area contributed by atoms with E-state index < -0.39 is 0 Å². The normalized spacial score (nSPS) is 22.1. The first-order valence-electron chi connectivity index (χ1n) is 5.90. The number of nitrogens with one attached hydrogen (secondary N) is 1. The van der Waals surface area contributed by atoms with E-state index in [1.807, 2.05) is 0 Å². The number of fused-ring (bicyclic) bond motifs is 1. The fraction of sp³-hybridized carbons (Fsp3) is 0.727. The third-order valence-corrected chi connectivity index (χ3v) is 4.25. The molecule has 0 unspecified atom stereocenters. The van der Waals surface area contributed by atoms with Crippen LogP contribution in [0.1, 0.15) is 30.1 Å². The molecule has 1 N–H and O–H groups in total. The summed E-state index contributed by atoms with van der Waals surface area (Å²) >= 11 is 3.70. The molecule has 0 radical (unpaired) electrons. The van der Waals surface area contributed by atoms with E-state index in [0.29, 0.717) is 6.04 Å². The molecule has 1 aromatic heterocycles. The van der Waals surface area contributed by atoms with Gasteiger partial charge in [0.05, 0.1) is 11.7 Å². The van der Waals surface area contributed by atoms with Crippen LogP contribution in [0.5, 0.6) is 0 Å². The van der Waals surface area contributed by atoms with Crippen molar-refractivity contribution in [2.45, 2.75) is 31.8 Å². The molecule has 0 saturated carbocycles. The Balaban J connectivity index is 1.91. The number of rotatable bonds is 1. The summed E-state index contributed by atoms with van der Waals surface area (Å²) in [6.07, 6.45) is 3.23. The lowest BCUT2D eigenvalue weighted by molar-refractivity contribution is 0.0655. The molecule has 3 rings (SSSR count). The topological polar surface area (TPSA) is 39.1 Å². The summed E-state index contributed by atoms with van der Waals surface area (Å²) in [4.78, 5) is 0. The molecule has 4 nitrogen and oxygen atoms in total. The highest BCUT2D eigenvalue weighted by atomic mass is 79.9. The molecule has 1 saturated heterocycles. The largest absolute Gasteiger partial charge is 0.381 e. The predicted octanol–water partition coefficient (Wildman–Crippen LogP) is 1.64. The Labute approximate surface area is 103 Å². The molecular weight excluding hydrogens is 270 g/mol. The van der Waals surface area contributed by atoms with Gasteiger partial charge < -0.3 is 10.1 Å². The Hall–Kier alpha value is -0.390. The van der Waals surface area contributed by atoms with Crippen LogP contribution in [-0.2, 0) is 17.7 Å². The minimum atomic E-state index is 0.508. The number of hydrogen-bond acceptors (Lipinski definition) is 3. The van der Waals surface area contributed by atoms with Gasteiger partial charge in [-0.15, -0.1) is 0 Å². The zero-order valence-electron chi connectivity index (χ0n) is 9.21. The highest BCUT2D eigenvalue weighted by Gasteiger charge is 2.24. The molecule has 5 heteroatoms. The van der Waals surface area contributed by atoms with Crippen molar-refractivity contribution < 1.29 is 4.74 Å². The van der Waals surface area contributed by atoms with Gasteiger partial charge in [-0.25, -0.2) is 0 Å². The monoisotopic (exact) mass is 285 g/mol. The number of ether oxygens (including phenoxy) is 1. The molecule has 1 fully saturated rings. The highest BCUT2D eigenvalue weighted by Crippen LogP contribution is 2.30. The van der Waals surface area contributed by atoms with Gasteiger partial charge >= 0.3 is 0 Å². The predicted molar refractivity (Wildman–Crippen MR) is 64.4 cm³/mol. The van der Waals surface area contributed by atoms with Gasteiger partial charge in [-0.1, -0.05) is 0 Å². The summed E-state index contributed by atoms with van der Waals surface area (Å²) in [7, 11) is 0. The van der Waals surface area contributed by atoms with Crippen LogP contribution < -0.4 is 5.32 Å². The standard InChI is InChI=1S/C11H16BrN3O/c12-11-9-1-4-13-7-10(9)14-15(11)8-2-5-16-6-3-8/h8,13H,1-7H2. The molecule has 88 valence electrons. The maximum atomic E-state index is 5.39. The average Bonchev–Trinajstić information content (AvgIpc) is 2.69. The first-order valence-corrected chi connectivity index (χ1v) is 6.70. The molecule has 0 atom stereocenters. The van der Waals surface area contributed by atoms with Crippen LogP contribution in [0, 0.1) is 0 Å². The molecule has 0 amide bonds. The Morgan fingerprint density at radius 3 is 2.94 bits per heavy atom. The Bertz CT molecular complexity index is 385. The van der Waals surface area contributed by atoms with Crippen molar-refractivity contribution in [3.05, 3.63) is 15.9 Å². The molecule has 0 bridgehead atoms. The first-order chi connectivity index (χ1) is 7.86. The van der Waals surface area contributed by atoms with Crippen LogP contribution in [0.4, 0.5) is 0 Å². The van der Waals surface area contributed by atoms with Gasteiger partial charge in [-0.3, -0.25) is 4.68 Å². The van der Waals surface area contributed by atoms with Crippen LogP contribution in [0.2, 0.25) is 0 Å². The lowest BCUT2D eigenvalue weighted by Crippen LogP contribution is -2.23. The quantitative estimate of drug-likeness (QED) is 0.853. The van der Waals surface area contributed by atoms with Crippen molar-refractivity contribution in [3.63, 3.8) is 0 Å². The molecule has 0 spiro atoms. The Morgan fingerprint density at radius 2 is 2.19 bits per heavy atom. The summed E-state index contributed by atoms with van der Waals surface area (Å²) in [5.41, 5.74) is 2.61. The zero-order valence-corrected chi connectivity index (χ0v) is 10.8. The first kappa shape index (κ1) is 10.7. The van der Waals surface area contributed by atoms with Crippen molar-refractivity contribution in [3.8, 4) is 0 Å².